The van der Waals surface area contributed by atoms with Crippen molar-refractivity contribution in [3.63, 3.8) is 0 Å². The molecule has 0 aromatic heterocycles. The van der Waals surface area contributed by atoms with E-state index in [2.05, 4.69) is 15.9 Å². The summed E-state index contributed by atoms with van der Waals surface area (Å²) < 4.78 is 5.64. The highest BCUT2D eigenvalue weighted by Crippen LogP contribution is 2.24. The lowest BCUT2D eigenvalue weighted by Gasteiger charge is -2.09. The van der Waals surface area contributed by atoms with Crippen LogP contribution in [-0.2, 0) is 16.0 Å². The quantitative estimate of drug-likeness (QED) is 0.621. The van der Waals surface area contributed by atoms with Crippen LogP contribution in [-0.4, -0.2) is 18.0 Å². The monoisotopic (exact) mass is 324 g/mol. The van der Waals surface area contributed by atoms with Crippen LogP contribution < -0.4 is 0 Å². The van der Waals surface area contributed by atoms with Gasteiger partial charge in [0.25, 0.3) is 0 Å². The molecule has 5 heteroatoms. The van der Waals surface area contributed by atoms with Gasteiger partial charge in [-0.15, -0.1) is 11.6 Å². The fourth-order valence-electron chi connectivity index (χ4n) is 1.19. The molecule has 16 heavy (non-hydrogen) atoms. The van der Waals surface area contributed by atoms with E-state index in [0.29, 0.717) is 18.1 Å². The molecule has 88 valence electrons. The number of halogens is 3. The maximum atomic E-state index is 11.3. The number of alkyl halides is 1. The standard InChI is InChI=1S/C11H11BrCl2O2/c1-2-16-11(15)10(14)6-7-3-4-8(12)9(13)5-7/h3-5,10H,2,6H2,1H3. The summed E-state index contributed by atoms with van der Waals surface area (Å²) >= 11 is 15.1. The lowest BCUT2D eigenvalue weighted by molar-refractivity contribution is -0.142. The Kier molecular flexibility index (Phi) is 5.59. The largest absolute Gasteiger partial charge is 0.465 e. The average molecular weight is 326 g/mol. The van der Waals surface area contributed by atoms with Crippen molar-refractivity contribution in [2.75, 3.05) is 6.61 Å². The van der Waals surface area contributed by atoms with Gasteiger partial charge in [-0.1, -0.05) is 17.7 Å². The number of ether oxygens (including phenoxy) is 1. The van der Waals surface area contributed by atoms with Gasteiger partial charge in [0.05, 0.1) is 11.6 Å². The molecule has 0 amide bonds. The van der Waals surface area contributed by atoms with Crippen molar-refractivity contribution in [2.24, 2.45) is 0 Å². The molecule has 1 unspecified atom stereocenters. The SMILES string of the molecule is CCOC(=O)C(Cl)Cc1ccc(Br)c(Cl)c1. The molecule has 0 spiro atoms. The first-order valence-electron chi connectivity index (χ1n) is 4.79. The van der Waals surface area contributed by atoms with E-state index >= 15 is 0 Å². The topological polar surface area (TPSA) is 26.3 Å². The Morgan fingerprint density at radius 3 is 2.81 bits per heavy atom. The van der Waals surface area contributed by atoms with Crippen molar-refractivity contribution >= 4 is 45.1 Å². The minimum absolute atomic E-state index is 0.336. The van der Waals surface area contributed by atoms with Gasteiger partial charge in [-0.05, 0) is 47.0 Å². The predicted octanol–water partition coefficient (Wildman–Crippen LogP) is 3.82. The zero-order valence-corrected chi connectivity index (χ0v) is 11.8. The predicted molar refractivity (Wildman–Crippen MR) is 69.1 cm³/mol. The molecule has 0 saturated carbocycles. The van der Waals surface area contributed by atoms with E-state index in [9.17, 15) is 4.79 Å². The van der Waals surface area contributed by atoms with Gasteiger partial charge in [0.1, 0.15) is 5.38 Å². The zero-order chi connectivity index (χ0) is 12.1. The minimum atomic E-state index is -0.669. The van der Waals surface area contributed by atoms with Crippen LogP contribution in [0.15, 0.2) is 22.7 Å². The Morgan fingerprint density at radius 1 is 1.56 bits per heavy atom. The average Bonchev–Trinajstić information content (AvgIpc) is 2.24. The van der Waals surface area contributed by atoms with Gasteiger partial charge >= 0.3 is 5.97 Å². The Bertz CT molecular complexity index is 382. The summed E-state index contributed by atoms with van der Waals surface area (Å²) in [6.45, 7) is 2.08. The Hall–Kier alpha value is -0.250. The summed E-state index contributed by atoms with van der Waals surface area (Å²) in [7, 11) is 0. The van der Waals surface area contributed by atoms with Crippen LogP contribution >= 0.6 is 39.1 Å². The van der Waals surface area contributed by atoms with Crippen molar-refractivity contribution in [3.05, 3.63) is 33.3 Å². The Morgan fingerprint density at radius 2 is 2.25 bits per heavy atom. The van der Waals surface area contributed by atoms with Gasteiger partial charge in [0.15, 0.2) is 0 Å². The van der Waals surface area contributed by atoms with Gasteiger partial charge in [-0.2, -0.15) is 0 Å². The van der Waals surface area contributed by atoms with E-state index in [1.807, 2.05) is 12.1 Å². The molecule has 0 bridgehead atoms. The van der Waals surface area contributed by atoms with E-state index in [0.717, 1.165) is 10.0 Å². The van der Waals surface area contributed by atoms with Crippen LogP contribution in [0.2, 0.25) is 5.02 Å². The molecule has 0 heterocycles. The molecule has 0 saturated heterocycles. The molecular formula is C11H11BrCl2O2. The lowest BCUT2D eigenvalue weighted by Crippen LogP contribution is -2.20. The third kappa shape index (κ3) is 3.96. The summed E-state index contributed by atoms with van der Waals surface area (Å²) in [6.07, 6.45) is 0.410. The first-order chi connectivity index (χ1) is 7.54. The van der Waals surface area contributed by atoms with Gasteiger partial charge in [0.2, 0.25) is 0 Å². The molecule has 2 nitrogen and oxygen atoms in total. The second kappa shape index (κ2) is 6.48. The highest BCUT2D eigenvalue weighted by Gasteiger charge is 2.17. The van der Waals surface area contributed by atoms with Crippen molar-refractivity contribution in [2.45, 2.75) is 18.7 Å². The van der Waals surface area contributed by atoms with Crippen molar-refractivity contribution in [1.29, 1.82) is 0 Å². The molecule has 1 rings (SSSR count). The molecule has 0 aliphatic carbocycles. The summed E-state index contributed by atoms with van der Waals surface area (Å²) in [5.41, 5.74) is 0.904. The fourth-order valence-corrected chi connectivity index (χ4v) is 1.88. The molecule has 1 atom stereocenters. The second-order valence-electron chi connectivity index (χ2n) is 3.17. The van der Waals surface area contributed by atoms with E-state index in [-0.39, 0.29) is 0 Å². The fraction of sp³-hybridized carbons (Fsp3) is 0.364. The van der Waals surface area contributed by atoms with E-state index in [1.165, 1.54) is 0 Å². The molecule has 0 aliphatic heterocycles. The summed E-state index contributed by atoms with van der Waals surface area (Å²) in [4.78, 5) is 11.3. The van der Waals surface area contributed by atoms with Crippen LogP contribution in [0, 0.1) is 0 Å². The number of esters is 1. The number of hydrogen-bond acceptors (Lipinski definition) is 2. The molecule has 1 aromatic rings. The smallest absolute Gasteiger partial charge is 0.324 e. The van der Waals surface area contributed by atoms with E-state index < -0.39 is 11.3 Å². The zero-order valence-electron chi connectivity index (χ0n) is 8.67. The Balaban J connectivity index is 2.66. The third-order valence-electron chi connectivity index (χ3n) is 1.94. The lowest BCUT2D eigenvalue weighted by atomic mass is 10.1. The van der Waals surface area contributed by atoms with Crippen LogP contribution in [0.25, 0.3) is 0 Å². The van der Waals surface area contributed by atoms with Gasteiger partial charge in [-0.25, -0.2) is 0 Å². The maximum absolute atomic E-state index is 11.3. The van der Waals surface area contributed by atoms with E-state index in [1.54, 1.807) is 13.0 Å². The van der Waals surface area contributed by atoms with Crippen LogP contribution in [0.3, 0.4) is 0 Å². The molecule has 0 fully saturated rings. The van der Waals surface area contributed by atoms with Gasteiger partial charge in [0, 0.05) is 4.47 Å². The molecular weight excluding hydrogens is 315 g/mol. The molecule has 1 aromatic carbocycles. The Labute approximate surface area is 113 Å². The van der Waals surface area contributed by atoms with E-state index in [4.69, 9.17) is 27.9 Å². The second-order valence-corrected chi connectivity index (χ2v) is 4.96. The van der Waals surface area contributed by atoms with Crippen LogP contribution in [0.4, 0.5) is 0 Å². The van der Waals surface area contributed by atoms with Gasteiger partial charge in [-0.3, -0.25) is 4.79 Å². The number of rotatable bonds is 4. The molecule has 0 radical (unpaired) electrons. The van der Waals surface area contributed by atoms with Crippen LogP contribution in [0.1, 0.15) is 12.5 Å². The van der Waals surface area contributed by atoms with Crippen LogP contribution in [0.5, 0.6) is 0 Å². The number of carbonyl (C=O) groups excluding carboxylic acids is 1. The molecule has 0 N–H and O–H groups in total. The summed E-state index contributed by atoms with van der Waals surface area (Å²) in [5.74, 6) is -0.400. The summed E-state index contributed by atoms with van der Waals surface area (Å²) in [5, 5.41) is -0.0672. The number of hydrogen-bond donors (Lipinski definition) is 0. The highest BCUT2D eigenvalue weighted by atomic mass is 79.9. The van der Waals surface area contributed by atoms with Crippen molar-refractivity contribution in [1.82, 2.24) is 0 Å². The number of benzene rings is 1. The van der Waals surface area contributed by atoms with Gasteiger partial charge < -0.3 is 4.74 Å². The third-order valence-corrected chi connectivity index (χ3v) is 3.51. The maximum Gasteiger partial charge on any atom is 0.324 e. The minimum Gasteiger partial charge on any atom is -0.465 e. The van der Waals surface area contributed by atoms with Crippen molar-refractivity contribution < 1.29 is 9.53 Å². The summed E-state index contributed by atoms with van der Waals surface area (Å²) in [6, 6.07) is 5.47. The number of carbonyl (C=O) groups is 1. The normalized spacial score (nSPS) is 12.2. The first kappa shape index (κ1) is 13.8. The van der Waals surface area contributed by atoms with Crippen molar-refractivity contribution in [3.8, 4) is 0 Å². The first-order valence-corrected chi connectivity index (χ1v) is 6.40. The highest BCUT2D eigenvalue weighted by molar-refractivity contribution is 9.10. The molecule has 0 aliphatic rings.